The number of hydrogen-bond acceptors (Lipinski definition) is 7. The third kappa shape index (κ3) is 5.36. The first-order valence-corrected chi connectivity index (χ1v) is 9.76. The van der Waals surface area contributed by atoms with E-state index in [4.69, 9.17) is 0 Å². The zero-order chi connectivity index (χ0) is 20.7. The lowest BCUT2D eigenvalue weighted by Gasteiger charge is -2.09. The van der Waals surface area contributed by atoms with Crippen molar-refractivity contribution < 1.29 is 27.5 Å². The molecule has 0 saturated heterocycles. The second kappa shape index (κ2) is 9.09. The van der Waals surface area contributed by atoms with E-state index in [1.54, 1.807) is 0 Å². The van der Waals surface area contributed by atoms with E-state index in [1.807, 2.05) is 11.6 Å². The van der Waals surface area contributed by atoms with Crippen molar-refractivity contribution in [3.8, 4) is 0 Å². The molecule has 28 heavy (non-hydrogen) atoms. The maximum Gasteiger partial charge on any atom is 0.356 e. The minimum Gasteiger partial charge on any atom is -0.464 e. The number of hydrogen-bond donors (Lipinski definition) is 2. The minimum absolute atomic E-state index is 0.0115. The first-order valence-electron chi connectivity index (χ1n) is 8.28. The van der Waals surface area contributed by atoms with Gasteiger partial charge in [0, 0.05) is 18.3 Å². The molecule has 148 valence electrons. The zero-order valence-electron chi connectivity index (χ0n) is 15.3. The largest absolute Gasteiger partial charge is 0.464 e. The zero-order valence-corrected chi connectivity index (χ0v) is 16.1. The fourth-order valence-corrected chi connectivity index (χ4v) is 3.14. The SMILES string of the molecule is CCCC(=O)Nc1ccc(S(=O)(=O)NC(=O)c2ccc(C(=O)OC)nc2)cc1. The Kier molecular flexibility index (Phi) is 6.83. The number of esters is 1. The molecule has 0 aliphatic carbocycles. The minimum atomic E-state index is -4.13. The molecule has 0 fully saturated rings. The first-order chi connectivity index (χ1) is 13.3. The molecule has 0 saturated carbocycles. The topological polar surface area (TPSA) is 132 Å². The van der Waals surface area contributed by atoms with Gasteiger partial charge in [-0.2, -0.15) is 0 Å². The number of carbonyl (C=O) groups excluding carboxylic acids is 3. The van der Waals surface area contributed by atoms with Gasteiger partial charge in [-0.25, -0.2) is 22.9 Å². The summed E-state index contributed by atoms with van der Waals surface area (Å²) in [7, 11) is -2.93. The number of ether oxygens (including phenoxy) is 1. The Morgan fingerprint density at radius 3 is 2.29 bits per heavy atom. The Labute approximate surface area is 162 Å². The summed E-state index contributed by atoms with van der Waals surface area (Å²) >= 11 is 0. The molecule has 0 unspecified atom stereocenters. The van der Waals surface area contributed by atoms with E-state index >= 15 is 0 Å². The van der Waals surface area contributed by atoms with Gasteiger partial charge in [0.25, 0.3) is 15.9 Å². The highest BCUT2D eigenvalue weighted by atomic mass is 32.2. The van der Waals surface area contributed by atoms with E-state index in [-0.39, 0.29) is 22.1 Å². The van der Waals surface area contributed by atoms with Crippen molar-refractivity contribution >= 4 is 33.5 Å². The van der Waals surface area contributed by atoms with Crippen LogP contribution in [0.25, 0.3) is 0 Å². The molecule has 1 heterocycles. The molecule has 0 spiro atoms. The summed E-state index contributed by atoms with van der Waals surface area (Å²) in [6, 6.07) is 7.92. The maximum absolute atomic E-state index is 12.4. The van der Waals surface area contributed by atoms with Gasteiger partial charge in [-0.05, 0) is 42.8 Å². The lowest BCUT2D eigenvalue weighted by Crippen LogP contribution is -2.30. The number of nitrogens with zero attached hydrogens (tertiary/aromatic N) is 1. The van der Waals surface area contributed by atoms with Crippen molar-refractivity contribution in [2.75, 3.05) is 12.4 Å². The van der Waals surface area contributed by atoms with Crippen molar-refractivity contribution in [1.82, 2.24) is 9.71 Å². The highest BCUT2D eigenvalue weighted by Gasteiger charge is 2.19. The fourth-order valence-electron chi connectivity index (χ4n) is 2.16. The summed E-state index contributed by atoms with van der Waals surface area (Å²) in [6.07, 6.45) is 2.13. The predicted octanol–water partition coefficient (Wildman–Crippen LogP) is 1.73. The number of nitrogens with one attached hydrogen (secondary N) is 2. The summed E-state index contributed by atoms with van der Waals surface area (Å²) in [5, 5.41) is 2.64. The standard InChI is InChI=1S/C18H19N3O6S/c1-3-4-16(22)20-13-6-8-14(9-7-13)28(25,26)21-17(23)12-5-10-15(19-11-12)18(24)27-2/h5-11H,3-4H2,1-2H3,(H,20,22)(H,21,23). The number of aromatic nitrogens is 1. The van der Waals surface area contributed by atoms with Crippen molar-refractivity contribution in [2.24, 2.45) is 0 Å². The molecule has 0 radical (unpaired) electrons. The van der Waals surface area contributed by atoms with Crippen LogP contribution in [0.3, 0.4) is 0 Å². The maximum atomic E-state index is 12.4. The van der Waals surface area contributed by atoms with Crippen molar-refractivity contribution in [1.29, 1.82) is 0 Å². The van der Waals surface area contributed by atoms with Gasteiger partial charge in [0.2, 0.25) is 5.91 Å². The number of benzene rings is 1. The number of anilines is 1. The summed E-state index contributed by atoms with van der Waals surface area (Å²) in [5.41, 5.74) is 0.397. The molecular weight excluding hydrogens is 386 g/mol. The van der Waals surface area contributed by atoms with Crippen LogP contribution in [0, 0.1) is 0 Å². The Bertz CT molecular complexity index is 969. The lowest BCUT2D eigenvalue weighted by atomic mass is 10.2. The number of sulfonamides is 1. The molecule has 0 atom stereocenters. The second-order valence-corrected chi connectivity index (χ2v) is 7.36. The number of carbonyl (C=O) groups is 3. The lowest BCUT2D eigenvalue weighted by molar-refractivity contribution is -0.116. The van der Waals surface area contributed by atoms with E-state index in [9.17, 15) is 22.8 Å². The summed E-state index contributed by atoms with van der Waals surface area (Å²) in [6.45, 7) is 1.87. The van der Waals surface area contributed by atoms with Crippen LogP contribution < -0.4 is 10.0 Å². The number of rotatable bonds is 7. The van der Waals surface area contributed by atoms with E-state index in [1.165, 1.54) is 43.5 Å². The Morgan fingerprint density at radius 1 is 1.07 bits per heavy atom. The van der Waals surface area contributed by atoms with Gasteiger partial charge in [-0.3, -0.25) is 9.59 Å². The van der Waals surface area contributed by atoms with E-state index in [0.29, 0.717) is 18.5 Å². The first kappa shape index (κ1) is 21.0. The normalized spacial score (nSPS) is 10.8. The molecule has 0 bridgehead atoms. The Balaban J connectivity index is 2.09. The monoisotopic (exact) mass is 405 g/mol. The van der Waals surface area contributed by atoms with Crippen LogP contribution in [-0.4, -0.2) is 38.3 Å². The Hall–Kier alpha value is -3.27. The van der Waals surface area contributed by atoms with Crippen LogP contribution in [-0.2, 0) is 19.6 Å². The van der Waals surface area contributed by atoms with E-state index in [2.05, 4.69) is 15.0 Å². The molecule has 1 aromatic carbocycles. The van der Waals surface area contributed by atoms with Crippen molar-refractivity contribution in [3.05, 3.63) is 53.9 Å². The van der Waals surface area contributed by atoms with Gasteiger partial charge >= 0.3 is 5.97 Å². The summed E-state index contributed by atoms with van der Waals surface area (Å²) in [5.74, 6) is -1.75. The molecule has 2 rings (SSSR count). The molecule has 1 aromatic heterocycles. The molecule has 0 aliphatic heterocycles. The molecule has 2 aromatic rings. The number of amides is 2. The highest BCUT2D eigenvalue weighted by Crippen LogP contribution is 2.15. The third-order valence-corrected chi connectivity index (χ3v) is 4.92. The predicted molar refractivity (Wildman–Crippen MR) is 100 cm³/mol. The number of pyridine rings is 1. The van der Waals surface area contributed by atoms with Crippen LogP contribution in [0.1, 0.15) is 40.6 Å². The van der Waals surface area contributed by atoms with Crippen LogP contribution >= 0.6 is 0 Å². The van der Waals surface area contributed by atoms with E-state index < -0.39 is 21.9 Å². The summed E-state index contributed by atoms with van der Waals surface area (Å²) in [4.78, 5) is 38.7. The Morgan fingerprint density at radius 2 is 1.75 bits per heavy atom. The molecule has 2 N–H and O–H groups in total. The molecule has 2 amide bonds. The van der Waals surface area contributed by atoms with Gasteiger partial charge in [0.05, 0.1) is 17.6 Å². The molecule has 10 heteroatoms. The van der Waals surface area contributed by atoms with Crippen molar-refractivity contribution in [3.63, 3.8) is 0 Å². The molecular formula is C18H19N3O6S. The number of methoxy groups -OCH3 is 1. The van der Waals surface area contributed by atoms with Gasteiger partial charge < -0.3 is 10.1 Å². The smallest absolute Gasteiger partial charge is 0.356 e. The molecule has 9 nitrogen and oxygen atoms in total. The van der Waals surface area contributed by atoms with Gasteiger partial charge in [-0.15, -0.1) is 0 Å². The quantitative estimate of drug-likeness (QED) is 0.671. The van der Waals surface area contributed by atoms with Crippen LogP contribution in [0.2, 0.25) is 0 Å². The summed E-state index contributed by atoms with van der Waals surface area (Å²) < 4.78 is 31.1. The average molecular weight is 405 g/mol. The molecule has 0 aliphatic rings. The van der Waals surface area contributed by atoms with Crippen molar-refractivity contribution in [2.45, 2.75) is 24.7 Å². The van der Waals surface area contributed by atoms with Crippen LogP contribution in [0.4, 0.5) is 5.69 Å². The highest BCUT2D eigenvalue weighted by molar-refractivity contribution is 7.90. The second-order valence-electron chi connectivity index (χ2n) is 5.68. The third-order valence-electron chi connectivity index (χ3n) is 3.57. The van der Waals surface area contributed by atoms with E-state index in [0.717, 1.165) is 6.20 Å². The average Bonchev–Trinajstić information content (AvgIpc) is 2.67. The van der Waals surface area contributed by atoms with Gasteiger partial charge in [0.1, 0.15) is 5.69 Å². The fraction of sp³-hybridized carbons (Fsp3) is 0.222. The van der Waals surface area contributed by atoms with Crippen LogP contribution in [0.15, 0.2) is 47.5 Å². The van der Waals surface area contributed by atoms with Crippen LogP contribution in [0.5, 0.6) is 0 Å². The van der Waals surface area contributed by atoms with Gasteiger partial charge in [-0.1, -0.05) is 6.92 Å². The van der Waals surface area contributed by atoms with Gasteiger partial charge in [0.15, 0.2) is 0 Å².